The minimum absolute atomic E-state index is 0.118. The van der Waals surface area contributed by atoms with Gasteiger partial charge in [0.2, 0.25) is 0 Å². The third-order valence-electron chi connectivity index (χ3n) is 3.48. The van der Waals surface area contributed by atoms with Crippen LogP contribution in [0.3, 0.4) is 0 Å². The van der Waals surface area contributed by atoms with Crippen LogP contribution >= 0.6 is 15.9 Å². The average molecular weight is 330 g/mol. The first kappa shape index (κ1) is 14.4. The largest absolute Gasteiger partial charge is 0.465 e. The zero-order valence-corrected chi connectivity index (χ0v) is 12.4. The Morgan fingerprint density at radius 3 is 2.89 bits per heavy atom. The van der Waals surface area contributed by atoms with Crippen molar-refractivity contribution in [3.05, 3.63) is 28.5 Å². The Balaban J connectivity index is 2.09. The molecular formula is C14H17BrFNO2. The number of carbonyl (C=O) groups excluding carboxylic acids is 1. The Kier molecular flexibility index (Phi) is 4.91. The summed E-state index contributed by atoms with van der Waals surface area (Å²) in [5.74, 6) is -0.242. The Morgan fingerprint density at radius 2 is 2.37 bits per heavy atom. The molecule has 3 atom stereocenters. The van der Waals surface area contributed by atoms with E-state index < -0.39 is 0 Å². The molecule has 1 fully saturated rings. The molecule has 3 unspecified atom stereocenters. The number of halogens is 2. The molecule has 0 saturated heterocycles. The van der Waals surface area contributed by atoms with E-state index in [0.717, 1.165) is 10.9 Å². The van der Waals surface area contributed by atoms with Gasteiger partial charge in [-0.05, 0) is 59.7 Å². The maximum absolute atomic E-state index is 12.5. The number of hydrogen-bond donors (Lipinski definition) is 0. The molecule has 1 aliphatic rings. The molecule has 19 heavy (non-hydrogen) atoms. The molecule has 0 spiro atoms. The maximum Gasteiger partial charge on any atom is 0.315 e. The Hall–Kier alpha value is -0.970. The summed E-state index contributed by atoms with van der Waals surface area (Å²) in [5.41, 5.74) is 0.700. The van der Waals surface area contributed by atoms with E-state index >= 15 is 0 Å². The first-order valence-electron chi connectivity index (χ1n) is 6.49. The number of alkyl halides is 1. The van der Waals surface area contributed by atoms with Gasteiger partial charge < -0.3 is 4.74 Å². The molecule has 2 rings (SSSR count). The van der Waals surface area contributed by atoms with Crippen LogP contribution in [0.15, 0.2) is 22.8 Å². The van der Waals surface area contributed by atoms with Crippen molar-refractivity contribution >= 4 is 21.9 Å². The van der Waals surface area contributed by atoms with E-state index in [2.05, 4.69) is 20.9 Å². The lowest BCUT2D eigenvalue weighted by Gasteiger charge is -2.15. The van der Waals surface area contributed by atoms with Gasteiger partial charge in [0, 0.05) is 10.7 Å². The molecule has 1 saturated carbocycles. The molecule has 0 bridgehead atoms. The predicted octanol–water partition coefficient (Wildman–Crippen LogP) is 3.49. The van der Waals surface area contributed by atoms with Crippen molar-refractivity contribution in [1.82, 2.24) is 4.98 Å². The van der Waals surface area contributed by atoms with Gasteiger partial charge in [-0.1, -0.05) is 0 Å². The molecule has 1 aromatic rings. The van der Waals surface area contributed by atoms with Crippen LogP contribution in [-0.4, -0.2) is 24.2 Å². The SMILES string of the molecule is CCOC(=O)C(CC1CC1CF)c1ccc(Br)cn1. The Labute approximate surface area is 120 Å². The van der Waals surface area contributed by atoms with E-state index in [1.54, 1.807) is 13.1 Å². The van der Waals surface area contributed by atoms with E-state index in [1.807, 2.05) is 12.1 Å². The molecule has 0 radical (unpaired) electrons. The summed E-state index contributed by atoms with van der Waals surface area (Å²) in [6, 6.07) is 3.67. The first-order valence-corrected chi connectivity index (χ1v) is 7.29. The third kappa shape index (κ3) is 3.75. The van der Waals surface area contributed by atoms with Crippen LogP contribution in [-0.2, 0) is 9.53 Å². The highest BCUT2D eigenvalue weighted by molar-refractivity contribution is 9.10. The number of aromatic nitrogens is 1. The van der Waals surface area contributed by atoms with Gasteiger partial charge >= 0.3 is 5.97 Å². The van der Waals surface area contributed by atoms with Crippen molar-refractivity contribution in [2.24, 2.45) is 11.8 Å². The third-order valence-corrected chi connectivity index (χ3v) is 3.95. The van der Waals surface area contributed by atoms with E-state index in [-0.39, 0.29) is 30.4 Å². The summed E-state index contributed by atoms with van der Waals surface area (Å²) < 4.78 is 18.5. The van der Waals surface area contributed by atoms with Gasteiger partial charge in [-0.3, -0.25) is 14.2 Å². The van der Waals surface area contributed by atoms with Crippen molar-refractivity contribution in [2.75, 3.05) is 13.3 Å². The second-order valence-corrected chi connectivity index (χ2v) is 5.77. The molecule has 0 N–H and O–H groups in total. The topological polar surface area (TPSA) is 39.2 Å². The molecule has 1 heterocycles. The Bertz CT molecular complexity index is 438. The fourth-order valence-corrected chi connectivity index (χ4v) is 2.50. The van der Waals surface area contributed by atoms with Gasteiger partial charge in [-0.25, -0.2) is 0 Å². The summed E-state index contributed by atoms with van der Waals surface area (Å²) in [6.07, 6.45) is 3.16. The average Bonchev–Trinajstić information content (AvgIpc) is 3.16. The number of nitrogens with zero attached hydrogens (tertiary/aromatic N) is 1. The monoisotopic (exact) mass is 329 g/mol. The number of esters is 1. The van der Waals surface area contributed by atoms with Gasteiger partial charge in [0.15, 0.2) is 0 Å². The number of pyridine rings is 1. The highest BCUT2D eigenvalue weighted by Crippen LogP contribution is 2.45. The van der Waals surface area contributed by atoms with Gasteiger partial charge in [0.05, 0.1) is 24.9 Å². The molecule has 0 aromatic carbocycles. The smallest absolute Gasteiger partial charge is 0.315 e. The molecular weight excluding hydrogens is 313 g/mol. The fraction of sp³-hybridized carbons (Fsp3) is 0.571. The van der Waals surface area contributed by atoms with Crippen LogP contribution in [0.25, 0.3) is 0 Å². The lowest BCUT2D eigenvalue weighted by Crippen LogP contribution is -2.18. The Morgan fingerprint density at radius 1 is 1.58 bits per heavy atom. The van der Waals surface area contributed by atoms with Crippen molar-refractivity contribution in [1.29, 1.82) is 0 Å². The zero-order valence-electron chi connectivity index (χ0n) is 10.8. The van der Waals surface area contributed by atoms with Crippen LogP contribution in [0.4, 0.5) is 4.39 Å². The number of ether oxygens (including phenoxy) is 1. The van der Waals surface area contributed by atoms with Crippen LogP contribution in [0.2, 0.25) is 0 Å². The summed E-state index contributed by atoms with van der Waals surface area (Å²) >= 11 is 3.32. The molecule has 0 aliphatic heterocycles. The van der Waals surface area contributed by atoms with Crippen molar-refractivity contribution in [2.45, 2.75) is 25.7 Å². The van der Waals surface area contributed by atoms with Gasteiger partial charge in [0.25, 0.3) is 0 Å². The minimum Gasteiger partial charge on any atom is -0.465 e. The standard InChI is InChI=1S/C14H17BrFNO2/c1-2-19-14(18)12(6-9-5-10(9)7-16)13-4-3-11(15)8-17-13/h3-4,8-10,12H,2,5-7H2,1H3. The predicted molar refractivity (Wildman–Crippen MR) is 73.5 cm³/mol. The lowest BCUT2D eigenvalue weighted by molar-refractivity contribution is -0.145. The number of carbonyl (C=O) groups is 1. The van der Waals surface area contributed by atoms with Crippen LogP contribution < -0.4 is 0 Å². The highest BCUT2D eigenvalue weighted by Gasteiger charge is 2.41. The number of rotatable bonds is 6. The van der Waals surface area contributed by atoms with Crippen LogP contribution in [0.5, 0.6) is 0 Å². The van der Waals surface area contributed by atoms with Gasteiger partial charge in [0.1, 0.15) is 0 Å². The van der Waals surface area contributed by atoms with Gasteiger partial charge in [-0.15, -0.1) is 0 Å². The minimum atomic E-state index is -0.380. The second kappa shape index (κ2) is 6.46. The van der Waals surface area contributed by atoms with Crippen molar-refractivity contribution in [3.63, 3.8) is 0 Å². The summed E-state index contributed by atoms with van der Waals surface area (Å²) in [5, 5.41) is 0. The fourth-order valence-electron chi connectivity index (χ4n) is 2.26. The number of hydrogen-bond acceptors (Lipinski definition) is 3. The molecule has 104 valence electrons. The molecule has 3 nitrogen and oxygen atoms in total. The van der Waals surface area contributed by atoms with Crippen molar-refractivity contribution < 1.29 is 13.9 Å². The quantitative estimate of drug-likeness (QED) is 0.750. The van der Waals surface area contributed by atoms with Crippen LogP contribution in [0.1, 0.15) is 31.4 Å². The summed E-state index contributed by atoms with van der Waals surface area (Å²) in [6.45, 7) is 1.84. The van der Waals surface area contributed by atoms with Crippen LogP contribution in [0, 0.1) is 11.8 Å². The van der Waals surface area contributed by atoms with Gasteiger partial charge in [-0.2, -0.15) is 0 Å². The second-order valence-electron chi connectivity index (χ2n) is 4.85. The lowest BCUT2D eigenvalue weighted by atomic mass is 9.97. The molecule has 0 amide bonds. The van der Waals surface area contributed by atoms with E-state index in [0.29, 0.717) is 18.7 Å². The van der Waals surface area contributed by atoms with E-state index in [9.17, 15) is 9.18 Å². The summed E-state index contributed by atoms with van der Waals surface area (Å²) in [4.78, 5) is 16.3. The maximum atomic E-state index is 12.5. The molecule has 1 aliphatic carbocycles. The molecule has 5 heteroatoms. The normalized spacial score (nSPS) is 22.9. The van der Waals surface area contributed by atoms with E-state index in [4.69, 9.17) is 4.74 Å². The zero-order chi connectivity index (χ0) is 13.8. The highest BCUT2D eigenvalue weighted by atomic mass is 79.9. The first-order chi connectivity index (χ1) is 9.15. The van der Waals surface area contributed by atoms with Crippen molar-refractivity contribution in [3.8, 4) is 0 Å². The van der Waals surface area contributed by atoms with E-state index in [1.165, 1.54) is 0 Å². The molecule has 1 aromatic heterocycles. The summed E-state index contributed by atoms with van der Waals surface area (Å²) in [7, 11) is 0.